The molecule has 2 amide bonds. The normalized spacial score (nSPS) is 17.1. The Balaban J connectivity index is 1.92. The molecule has 0 aromatic rings. The van der Waals surface area contributed by atoms with E-state index in [0.29, 0.717) is 6.04 Å². The van der Waals surface area contributed by atoms with E-state index in [1.807, 2.05) is 0 Å². The molecular weight excluding hydrogens is 238 g/mol. The lowest BCUT2D eigenvalue weighted by molar-refractivity contribution is 0.185. The molecule has 0 unspecified atom stereocenters. The van der Waals surface area contributed by atoms with E-state index in [1.165, 1.54) is 32.1 Å². The molecule has 3 N–H and O–H groups in total. The molecule has 0 bridgehead atoms. The zero-order valence-corrected chi connectivity index (χ0v) is 12.7. The van der Waals surface area contributed by atoms with Gasteiger partial charge in [0.2, 0.25) is 0 Å². The SMILES string of the molecule is CC(C)CCCCCCNC1CCN(C(N)=O)CC1. The first kappa shape index (κ1) is 16.3. The Hall–Kier alpha value is -0.770. The number of nitrogens with one attached hydrogen (secondary N) is 1. The highest BCUT2D eigenvalue weighted by molar-refractivity contribution is 5.72. The van der Waals surface area contributed by atoms with Gasteiger partial charge in [-0.25, -0.2) is 4.79 Å². The molecule has 1 rings (SSSR count). The highest BCUT2D eigenvalue weighted by Gasteiger charge is 2.20. The fourth-order valence-corrected chi connectivity index (χ4v) is 2.64. The maximum Gasteiger partial charge on any atom is 0.314 e. The van der Waals surface area contributed by atoms with E-state index < -0.39 is 0 Å². The molecule has 19 heavy (non-hydrogen) atoms. The summed E-state index contributed by atoms with van der Waals surface area (Å²) >= 11 is 0. The fraction of sp³-hybridized carbons (Fsp3) is 0.933. The van der Waals surface area contributed by atoms with Gasteiger partial charge in [-0.3, -0.25) is 0 Å². The van der Waals surface area contributed by atoms with Gasteiger partial charge >= 0.3 is 6.03 Å². The topological polar surface area (TPSA) is 58.4 Å². The van der Waals surface area contributed by atoms with Gasteiger partial charge in [-0.2, -0.15) is 0 Å². The highest BCUT2D eigenvalue weighted by atomic mass is 16.2. The molecular formula is C15H31N3O. The Bertz CT molecular complexity index is 248. The summed E-state index contributed by atoms with van der Waals surface area (Å²) in [5.41, 5.74) is 5.27. The van der Waals surface area contributed by atoms with Gasteiger partial charge < -0.3 is 16.0 Å². The number of urea groups is 1. The smallest absolute Gasteiger partial charge is 0.314 e. The minimum Gasteiger partial charge on any atom is -0.351 e. The third kappa shape index (κ3) is 7.41. The molecule has 0 spiro atoms. The number of hydrogen-bond acceptors (Lipinski definition) is 2. The molecule has 1 aliphatic heterocycles. The van der Waals surface area contributed by atoms with Crippen molar-refractivity contribution in [2.75, 3.05) is 19.6 Å². The van der Waals surface area contributed by atoms with Crippen molar-refractivity contribution in [3.8, 4) is 0 Å². The van der Waals surface area contributed by atoms with Crippen LogP contribution in [0.5, 0.6) is 0 Å². The quantitative estimate of drug-likeness (QED) is 0.666. The van der Waals surface area contributed by atoms with E-state index in [-0.39, 0.29) is 6.03 Å². The first-order valence-corrected chi connectivity index (χ1v) is 7.87. The van der Waals surface area contributed by atoms with Crippen molar-refractivity contribution < 1.29 is 4.79 Å². The second-order valence-electron chi connectivity index (χ2n) is 6.15. The Morgan fingerprint density at radius 3 is 2.42 bits per heavy atom. The second kappa shape index (κ2) is 9.18. The van der Waals surface area contributed by atoms with Crippen molar-refractivity contribution in [2.45, 2.75) is 64.8 Å². The maximum atomic E-state index is 11.0. The maximum absolute atomic E-state index is 11.0. The number of hydrogen-bond donors (Lipinski definition) is 2. The fourth-order valence-electron chi connectivity index (χ4n) is 2.64. The number of primary amides is 1. The molecule has 4 nitrogen and oxygen atoms in total. The summed E-state index contributed by atoms with van der Waals surface area (Å²) in [6, 6.07) is 0.301. The third-order valence-corrected chi connectivity index (χ3v) is 3.95. The van der Waals surface area contributed by atoms with E-state index in [4.69, 9.17) is 5.73 Å². The average Bonchev–Trinajstić information content (AvgIpc) is 2.38. The lowest BCUT2D eigenvalue weighted by atomic mass is 10.0. The Kier molecular flexibility index (Phi) is 7.87. The number of nitrogens with zero attached hydrogens (tertiary/aromatic N) is 1. The molecule has 1 aliphatic rings. The number of carbonyl (C=O) groups excluding carboxylic acids is 1. The summed E-state index contributed by atoms with van der Waals surface area (Å²) in [5, 5.41) is 3.60. The molecule has 0 aromatic heterocycles. The number of likely N-dealkylation sites (tertiary alicyclic amines) is 1. The van der Waals surface area contributed by atoms with Gasteiger partial charge in [0.1, 0.15) is 0 Å². The summed E-state index contributed by atoms with van der Waals surface area (Å²) in [4.78, 5) is 12.7. The van der Waals surface area contributed by atoms with Crippen molar-refractivity contribution in [1.29, 1.82) is 0 Å². The second-order valence-corrected chi connectivity index (χ2v) is 6.15. The first-order valence-electron chi connectivity index (χ1n) is 7.87. The van der Waals surface area contributed by atoms with E-state index in [2.05, 4.69) is 19.2 Å². The molecule has 1 fully saturated rings. The summed E-state index contributed by atoms with van der Waals surface area (Å²) < 4.78 is 0. The van der Waals surface area contributed by atoms with Crippen molar-refractivity contribution >= 4 is 6.03 Å². The van der Waals surface area contributed by atoms with Crippen LogP contribution in [0.3, 0.4) is 0 Å². The van der Waals surface area contributed by atoms with E-state index in [0.717, 1.165) is 38.4 Å². The lowest BCUT2D eigenvalue weighted by Crippen LogP contribution is -2.46. The first-order chi connectivity index (χ1) is 9.09. The number of carbonyl (C=O) groups is 1. The molecule has 112 valence electrons. The summed E-state index contributed by atoms with van der Waals surface area (Å²) in [6.45, 7) is 7.31. The van der Waals surface area contributed by atoms with Crippen LogP contribution in [-0.4, -0.2) is 36.6 Å². The average molecular weight is 269 g/mol. The van der Waals surface area contributed by atoms with Crippen LogP contribution in [0.2, 0.25) is 0 Å². The predicted molar refractivity (Wildman–Crippen MR) is 80.1 cm³/mol. The minimum absolute atomic E-state index is 0.274. The molecule has 0 aliphatic carbocycles. The van der Waals surface area contributed by atoms with Crippen molar-refractivity contribution in [3.05, 3.63) is 0 Å². The Morgan fingerprint density at radius 1 is 1.21 bits per heavy atom. The summed E-state index contributed by atoms with van der Waals surface area (Å²) in [5.74, 6) is 0.841. The lowest BCUT2D eigenvalue weighted by Gasteiger charge is -2.31. The third-order valence-electron chi connectivity index (χ3n) is 3.95. The zero-order chi connectivity index (χ0) is 14.1. The van der Waals surface area contributed by atoms with Crippen molar-refractivity contribution in [3.63, 3.8) is 0 Å². The standard InChI is InChI=1S/C15H31N3O/c1-13(2)7-5-3-4-6-10-17-14-8-11-18(12-9-14)15(16)19/h13-14,17H,3-12H2,1-2H3,(H2,16,19). The number of rotatable bonds is 8. The number of unbranched alkanes of at least 4 members (excludes halogenated alkanes) is 3. The van der Waals surface area contributed by atoms with Gasteiger partial charge in [-0.1, -0.05) is 39.5 Å². The largest absolute Gasteiger partial charge is 0.351 e. The molecule has 1 heterocycles. The Labute approximate surface area is 118 Å². The van der Waals surface area contributed by atoms with Crippen LogP contribution < -0.4 is 11.1 Å². The molecule has 0 radical (unpaired) electrons. The number of piperidine rings is 1. The molecule has 4 heteroatoms. The van der Waals surface area contributed by atoms with Crippen LogP contribution in [0.25, 0.3) is 0 Å². The van der Waals surface area contributed by atoms with Gasteiger partial charge in [-0.15, -0.1) is 0 Å². The van der Waals surface area contributed by atoms with Crippen LogP contribution in [0, 0.1) is 5.92 Å². The zero-order valence-electron chi connectivity index (χ0n) is 12.7. The van der Waals surface area contributed by atoms with Gasteiger partial charge in [0, 0.05) is 19.1 Å². The van der Waals surface area contributed by atoms with Crippen LogP contribution in [0.15, 0.2) is 0 Å². The van der Waals surface area contributed by atoms with E-state index in [1.54, 1.807) is 4.90 Å². The van der Waals surface area contributed by atoms with Crippen molar-refractivity contribution in [2.24, 2.45) is 11.7 Å². The van der Waals surface area contributed by atoms with E-state index in [9.17, 15) is 4.79 Å². The Morgan fingerprint density at radius 2 is 1.84 bits per heavy atom. The van der Waals surface area contributed by atoms with Crippen molar-refractivity contribution in [1.82, 2.24) is 10.2 Å². The molecule has 0 saturated carbocycles. The summed E-state index contributed by atoms with van der Waals surface area (Å²) in [7, 11) is 0. The molecule has 1 saturated heterocycles. The van der Waals surface area contributed by atoms with Gasteiger partial charge in [0.05, 0.1) is 0 Å². The van der Waals surface area contributed by atoms with Gasteiger partial charge in [0.25, 0.3) is 0 Å². The molecule has 0 aromatic carbocycles. The number of amides is 2. The molecule has 0 atom stereocenters. The summed E-state index contributed by atoms with van der Waals surface area (Å²) in [6.07, 6.45) is 8.77. The highest BCUT2D eigenvalue weighted by Crippen LogP contribution is 2.11. The van der Waals surface area contributed by atoms with Crippen LogP contribution in [0.4, 0.5) is 4.79 Å². The van der Waals surface area contributed by atoms with Crippen LogP contribution in [0.1, 0.15) is 58.8 Å². The monoisotopic (exact) mass is 269 g/mol. The number of nitrogens with two attached hydrogens (primary N) is 1. The predicted octanol–water partition coefficient (Wildman–Crippen LogP) is 2.73. The van der Waals surface area contributed by atoms with Gasteiger partial charge in [0.15, 0.2) is 0 Å². The van der Waals surface area contributed by atoms with Crippen LogP contribution in [-0.2, 0) is 0 Å². The van der Waals surface area contributed by atoms with Crippen LogP contribution >= 0.6 is 0 Å². The minimum atomic E-state index is -0.274. The van der Waals surface area contributed by atoms with E-state index >= 15 is 0 Å². The van der Waals surface area contributed by atoms with Gasteiger partial charge in [-0.05, 0) is 31.7 Å².